The minimum absolute atomic E-state index is 0.0772. The number of nitrogens with zero attached hydrogens (tertiary/aromatic N) is 1. The Morgan fingerprint density at radius 1 is 1.48 bits per heavy atom. The van der Waals surface area contributed by atoms with Crippen LogP contribution >= 0.6 is 15.9 Å². The van der Waals surface area contributed by atoms with Crippen LogP contribution in [0, 0.1) is 17.2 Å². The topological polar surface area (TPSA) is 123 Å². The van der Waals surface area contributed by atoms with E-state index in [1.807, 2.05) is 13.0 Å². The quantitative estimate of drug-likeness (QED) is 0.716. The molecule has 8 heteroatoms. The molecule has 0 saturated heterocycles. The standard InChI is InChI=1S/C17H17BrN2O5/c1-3-8-10(18)5-6-11-12(8)13(9(7-19)17(23)24-4-2)14(16(21)22)15(20)25-11/h5-6,9,13H,3-4,20H2,1-2H3,(H,21,22). The van der Waals surface area contributed by atoms with Gasteiger partial charge >= 0.3 is 11.9 Å². The van der Waals surface area contributed by atoms with Gasteiger partial charge in [0.1, 0.15) is 11.3 Å². The van der Waals surface area contributed by atoms with Gasteiger partial charge in [-0.25, -0.2) is 4.79 Å². The number of carbonyl (C=O) groups excluding carboxylic acids is 1. The lowest BCUT2D eigenvalue weighted by atomic mass is 9.77. The van der Waals surface area contributed by atoms with Crippen molar-refractivity contribution in [3.63, 3.8) is 0 Å². The van der Waals surface area contributed by atoms with Crippen molar-refractivity contribution >= 4 is 27.9 Å². The first-order valence-corrected chi connectivity index (χ1v) is 8.44. The SMILES string of the molecule is CCOC(=O)C(C#N)C1C(C(=O)O)=C(N)Oc2ccc(Br)c(CC)c21. The van der Waals surface area contributed by atoms with E-state index in [4.69, 9.17) is 15.2 Å². The number of carboxylic acid groups (broad SMARTS) is 1. The summed E-state index contributed by atoms with van der Waals surface area (Å²) in [6, 6.07) is 5.25. The van der Waals surface area contributed by atoms with E-state index < -0.39 is 23.8 Å². The molecule has 0 fully saturated rings. The van der Waals surface area contributed by atoms with Crippen LogP contribution in [-0.2, 0) is 20.7 Å². The Labute approximate surface area is 153 Å². The Kier molecular flexibility index (Phi) is 5.69. The first-order chi connectivity index (χ1) is 11.9. The Morgan fingerprint density at radius 2 is 2.16 bits per heavy atom. The summed E-state index contributed by atoms with van der Waals surface area (Å²) in [5.74, 6) is -4.59. The molecule has 1 aliphatic rings. The molecule has 0 aromatic heterocycles. The molecule has 3 N–H and O–H groups in total. The number of fused-ring (bicyclic) bond motifs is 1. The van der Waals surface area contributed by atoms with Gasteiger partial charge in [0.15, 0.2) is 5.92 Å². The summed E-state index contributed by atoms with van der Waals surface area (Å²) in [7, 11) is 0. The molecule has 0 saturated carbocycles. The maximum atomic E-state index is 12.3. The van der Waals surface area contributed by atoms with Gasteiger partial charge in [0.25, 0.3) is 0 Å². The van der Waals surface area contributed by atoms with E-state index in [-0.39, 0.29) is 18.1 Å². The fraction of sp³-hybridized carbons (Fsp3) is 0.353. The third kappa shape index (κ3) is 3.33. The molecule has 0 amide bonds. The molecule has 0 radical (unpaired) electrons. The van der Waals surface area contributed by atoms with Gasteiger partial charge in [-0.1, -0.05) is 22.9 Å². The van der Waals surface area contributed by atoms with Crippen molar-refractivity contribution < 1.29 is 24.2 Å². The second kappa shape index (κ2) is 7.57. The monoisotopic (exact) mass is 408 g/mol. The van der Waals surface area contributed by atoms with Gasteiger partial charge in [0.2, 0.25) is 5.88 Å². The minimum atomic E-state index is -1.35. The minimum Gasteiger partial charge on any atom is -0.478 e. The molecule has 1 aliphatic heterocycles. The Bertz CT molecular complexity index is 797. The molecule has 2 rings (SSSR count). The highest BCUT2D eigenvalue weighted by Gasteiger charge is 2.44. The normalized spacial score (nSPS) is 17.1. The molecule has 2 unspecified atom stereocenters. The van der Waals surface area contributed by atoms with Crippen LogP contribution in [0.2, 0.25) is 0 Å². The molecular weight excluding hydrogens is 392 g/mol. The lowest BCUT2D eigenvalue weighted by Crippen LogP contribution is -2.33. The van der Waals surface area contributed by atoms with Gasteiger partial charge in [-0.2, -0.15) is 5.26 Å². The Balaban J connectivity index is 2.77. The molecule has 2 atom stereocenters. The zero-order chi connectivity index (χ0) is 18.7. The summed E-state index contributed by atoms with van der Waals surface area (Å²) >= 11 is 3.42. The van der Waals surface area contributed by atoms with Crippen LogP contribution in [0.5, 0.6) is 5.75 Å². The van der Waals surface area contributed by atoms with Crippen LogP contribution in [0.4, 0.5) is 0 Å². The molecule has 1 heterocycles. The third-order valence-corrected chi connectivity index (χ3v) is 4.71. The highest BCUT2D eigenvalue weighted by molar-refractivity contribution is 9.10. The van der Waals surface area contributed by atoms with E-state index in [1.165, 1.54) is 0 Å². The summed E-state index contributed by atoms with van der Waals surface area (Å²) < 4.78 is 11.2. The van der Waals surface area contributed by atoms with Crippen molar-refractivity contribution in [1.29, 1.82) is 5.26 Å². The Hall–Kier alpha value is -2.53. The van der Waals surface area contributed by atoms with E-state index in [1.54, 1.807) is 19.1 Å². The van der Waals surface area contributed by atoms with Crippen molar-refractivity contribution in [2.45, 2.75) is 26.2 Å². The second-order valence-corrected chi connectivity index (χ2v) is 6.17. The predicted octanol–water partition coefficient (Wildman–Crippen LogP) is 2.45. The smallest absolute Gasteiger partial charge is 0.337 e. The van der Waals surface area contributed by atoms with E-state index in [2.05, 4.69) is 15.9 Å². The summed E-state index contributed by atoms with van der Waals surface area (Å²) in [5.41, 5.74) is 6.67. The van der Waals surface area contributed by atoms with Crippen LogP contribution in [0.3, 0.4) is 0 Å². The van der Waals surface area contributed by atoms with Crippen molar-refractivity contribution in [3.8, 4) is 11.8 Å². The molecule has 25 heavy (non-hydrogen) atoms. The summed E-state index contributed by atoms with van der Waals surface area (Å²) in [6.45, 7) is 3.57. The number of carboxylic acids is 1. The molecule has 0 spiro atoms. The second-order valence-electron chi connectivity index (χ2n) is 5.31. The highest BCUT2D eigenvalue weighted by Crippen LogP contribution is 2.46. The Morgan fingerprint density at radius 3 is 2.68 bits per heavy atom. The number of hydrogen-bond acceptors (Lipinski definition) is 6. The molecule has 7 nitrogen and oxygen atoms in total. The van der Waals surface area contributed by atoms with Gasteiger partial charge in [0.05, 0.1) is 18.6 Å². The zero-order valence-corrected chi connectivity index (χ0v) is 15.3. The maximum Gasteiger partial charge on any atom is 0.337 e. The number of rotatable bonds is 5. The van der Waals surface area contributed by atoms with E-state index >= 15 is 0 Å². The van der Waals surface area contributed by atoms with Gasteiger partial charge in [-0.15, -0.1) is 0 Å². The lowest BCUT2D eigenvalue weighted by Gasteiger charge is -2.31. The predicted molar refractivity (Wildman–Crippen MR) is 91.5 cm³/mol. The van der Waals surface area contributed by atoms with Crippen LogP contribution in [-0.4, -0.2) is 23.7 Å². The van der Waals surface area contributed by atoms with Crippen molar-refractivity contribution in [1.82, 2.24) is 0 Å². The fourth-order valence-electron chi connectivity index (χ4n) is 2.94. The van der Waals surface area contributed by atoms with Crippen LogP contribution < -0.4 is 10.5 Å². The van der Waals surface area contributed by atoms with E-state index in [9.17, 15) is 20.0 Å². The fourth-order valence-corrected chi connectivity index (χ4v) is 3.57. The molecular formula is C17H17BrN2O5. The largest absolute Gasteiger partial charge is 0.478 e. The number of hydrogen-bond donors (Lipinski definition) is 2. The summed E-state index contributed by atoms with van der Waals surface area (Å²) in [4.78, 5) is 24.1. The summed E-state index contributed by atoms with van der Waals surface area (Å²) in [5, 5.41) is 19.2. The van der Waals surface area contributed by atoms with Crippen LogP contribution in [0.1, 0.15) is 30.9 Å². The van der Waals surface area contributed by atoms with Crippen LogP contribution in [0.25, 0.3) is 0 Å². The number of carbonyl (C=O) groups is 2. The highest BCUT2D eigenvalue weighted by atomic mass is 79.9. The average molecular weight is 409 g/mol. The molecule has 0 aliphatic carbocycles. The lowest BCUT2D eigenvalue weighted by molar-refractivity contribution is -0.146. The average Bonchev–Trinajstić information content (AvgIpc) is 2.55. The maximum absolute atomic E-state index is 12.3. The van der Waals surface area contributed by atoms with Gasteiger partial charge in [-0.05, 0) is 31.0 Å². The number of benzene rings is 1. The number of aliphatic carboxylic acids is 1. The number of esters is 1. The number of ether oxygens (including phenoxy) is 2. The van der Waals surface area contributed by atoms with Gasteiger partial charge in [-0.3, -0.25) is 4.79 Å². The number of nitrogens with two attached hydrogens (primary N) is 1. The van der Waals surface area contributed by atoms with Crippen molar-refractivity contribution in [2.24, 2.45) is 11.7 Å². The molecule has 0 bridgehead atoms. The number of nitriles is 1. The summed E-state index contributed by atoms with van der Waals surface area (Å²) in [6.07, 6.45) is 0.539. The van der Waals surface area contributed by atoms with E-state index in [0.717, 1.165) is 10.0 Å². The first kappa shape index (κ1) is 18.8. The van der Waals surface area contributed by atoms with E-state index in [0.29, 0.717) is 17.7 Å². The van der Waals surface area contributed by atoms with Gasteiger partial charge in [0, 0.05) is 10.0 Å². The third-order valence-electron chi connectivity index (χ3n) is 3.96. The molecule has 1 aromatic rings. The first-order valence-electron chi connectivity index (χ1n) is 7.65. The van der Waals surface area contributed by atoms with Crippen molar-refractivity contribution in [3.05, 3.63) is 39.2 Å². The number of halogens is 1. The zero-order valence-electron chi connectivity index (χ0n) is 13.7. The van der Waals surface area contributed by atoms with Crippen LogP contribution in [0.15, 0.2) is 28.1 Å². The molecule has 1 aromatic carbocycles. The van der Waals surface area contributed by atoms with Gasteiger partial charge < -0.3 is 20.3 Å². The molecule has 132 valence electrons. The van der Waals surface area contributed by atoms with Crippen molar-refractivity contribution in [2.75, 3.05) is 6.61 Å².